The van der Waals surface area contributed by atoms with Gasteiger partial charge in [0.05, 0.1) is 18.0 Å². The second-order valence-corrected chi connectivity index (χ2v) is 9.81. The van der Waals surface area contributed by atoms with E-state index >= 15 is 0 Å². The molecule has 1 aliphatic rings. The molecule has 3 rings (SSSR count). The second kappa shape index (κ2) is 10.0. The fourth-order valence-corrected chi connectivity index (χ4v) is 4.47. The number of nitrogens with one attached hydrogen (secondary N) is 1. The van der Waals surface area contributed by atoms with E-state index in [1.807, 2.05) is 38.1 Å². The van der Waals surface area contributed by atoms with E-state index in [1.165, 1.54) is 4.31 Å². The minimum absolute atomic E-state index is 0.123. The maximum absolute atomic E-state index is 12.7. The highest BCUT2D eigenvalue weighted by atomic mass is 32.2. The van der Waals surface area contributed by atoms with Crippen LogP contribution in [0.5, 0.6) is 11.5 Å². The van der Waals surface area contributed by atoms with Gasteiger partial charge in [0.1, 0.15) is 11.5 Å². The Kier molecular flexibility index (Phi) is 7.43. The number of hydrogen-bond acceptors (Lipinski definition) is 5. The number of sulfonamides is 1. The number of benzene rings is 2. The van der Waals surface area contributed by atoms with Crippen LogP contribution in [0.1, 0.15) is 32.3 Å². The van der Waals surface area contributed by atoms with Gasteiger partial charge < -0.3 is 14.8 Å². The average Bonchev–Trinajstić information content (AvgIpc) is 2.90. The summed E-state index contributed by atoms with van der Waals surface area (Å²) in [7, 11) is -3.46. The number of nitrogens with zero attached hydrogens (tertiary/aromatic N) is 1. The first kappa shape index (κ1) is 22.9. The lowest BCUT2D eigenvalue weighted by Crippen LogP contribution is -2.40. The van der Waals surface area contributed by atoms with Crippen molar-refractivity contribution in [2.75, 3.05) is 23.7 Å². The lowest BCUT2D eigenvalue weighted by atomic mass is 10.1. The van der Waals surface area contributed by atoms with Crippen molar-refractivity contribution >= 4 is 21.6 Å². The summed E-state index contributed by atoms with van der Waals surface area (Å²) in [5.74, 6) is 1.01. The molecule has 1 N–H and O–H groups in total. The topological polar surface area (TPSA) is 84.9 Å². The molecule has 2 aromatic rings. The quantitative estimate of drug-likeness (QED) is 0.630. The van der Waals surface area contributed by atoms with Crippen molar-refractivity contribution in [2.45, 2.75) is 45.3 Å². The van der Waals surface area contributed by atoms with Crippen LogP contribution in [0.2, 0.25) is 0 Å². The van der Waals surface area contributed by atoms with Gasteiger partial charge in [-0.3, -0.25) is 9.10 Å². The average molecular weight is 447 g/mol. The summed E-state index contributed by atoms with van der Waals surface area (Å²) in [6.45, 7) is 4.68. The number of ether oxygens (including phenoxy) is 2. The Bertz CT molecular complexity index is 1010. The Morgan fingerprint density at radius 2 is 2.00 bits per heavy atom. The van der Waals surface area contributed by atoms with Gasteiger partial charge in [-0.1, -0.05) is 24.3 Å². The third-order valence-corrected chi connectivity index (χ3v) is 6.08. The van der Waals surface area contributed by atoms with Gasteiger partial charge in [-0.2, -0.15) is 0 Å². The monoisotopic (exact) mass is 446 g/mol. The van der Waals surface area contributed by atoms with Gasteiger partial charge in [-0.05, 0) is 56.5 Å². The molecule has 1 atom stereocenters. The Morgan fingerprint density at radius 3 is 2.74 bits per heavy atom. The SMILES string of the molecule is CC(C)Oc1cccc(CCCNC(=O)[C@@H]2CCN(S(C)(=O)=O)c3ccccc3O2)c1. The zero-order valence-electron chi connectivity index (χ0n) is 18.2. The summed E-state index contributed by atoms with van der Waals surface area (Å²) < 4.78 is 37.2. The molecule has 0 fully saturated rings. The van der Waals surface area contributed by atoms with E-state index < -0.39 is 16.1 Å². The van der Waals surface area contributed by atoms with Crippen LogP contribution in [0.25, 0.3) is 0 Å². The fourth-order valence-electron chi connectivity index (χ4n) is 3.52. The number of anilines is 1. The first-order valence-electron chi connectivity index (χ1n) is 10.5. The summed E-state index contributed by atoms with van der Waals surface area (Å²) in [6, 6.07) is 14.9. The second-order valence-electron chi connectivity index (χ2n) is 7.91. The molecule has 1 aliphatic heterocycles. The van der Waals surface area contributed by atoms with E-state index in [0.29, 0.717) is 18.0 Å². The van der Waals surface area contributed by atoms with Crippen LogP contribution in [-0.4, -0.2) is 45.9 Å². The number of para-hydroxylation sites is 2. The van der Waals surface area contributed by atoms with Crippen molar-refractivity contribution in [3.63, 3.8) is 0 Å². The number of rotatable bonds is 8. The maximum atomic E-state index is 12.7. The molecule has 1 heterocycles. The Hall–Kier alpha value is -2.74. The molecule has 0 aliphatic carbocycles. The molecule has 0 bridgehead atoms. The van der Waals surface area contributed by atoms with Gasteiger partial charge in [-0.25, -0.2) is 8.42 Å². The van der Waals surface area contributed by atoms with Crippen molar-refractivity contribution in [3.05, 3.63) is 54.1 Å². The third-order valence-electron chi connectivity index (χ3n) is 4.90. The van der Waals surface area contributed by atoms with Crippen molar-refractivity contribution in [1.29, 1.82) is 0 Å². The summed E-state index contributed by atoms with van der Waals surface area (Å²) in [6.07, 6.45) is 2.41. The molecule has 0 aromatic heterocycles. The zero-order valence-corrected chi connectivity index (χ0v) is 19.0. The molecule has 2 aromatic carbocycles. The third kappa shape index (κ3) is 6.37. The Balaban J connectivity index is 1.55. The summed E-state index contributed by atoms with van der Waals surface area (Å²) in [5.41, 5.74) is 1.61. The van der Waals surface area contributed by atoms with Crippen LogP contribution < -0.4 is 19.1 Å². The number of amides is 1. The molecule has 0 unspecified atom stereocenters. The van der Waals surface area contributed by atoms with E-state index in [-0.39, 0.29) is 25.0 Å². The highest BCUT2D eigenvalue weighted by Crippen LogP contribution is 2.33. The Morgan fingerprint density at radius 1 is 1.23 bits per heavy atom. The van der Waals surface area contributed by atoms with Crippen LogP contribution in [0.15, 0.2) is 48.5 Å². The molecule has 0 spiro atoms. The number of aryl methyl sites for hydroxylation is 1. The Labute approximate surface area is 184 Å². The van der Waals surface area contributed by atoms with Crippen LogP contribution in [0, 0.1) is 0 Å². The van der Waals surface area contributed by atoms with Crippen LogP contribution in [-0.2, 0) is 21.2 Å². The minimum Gasteiger partial charge on any atom is -0.491 e. The highest BCUT2D eigenvalue weighted by molar-refractivity contribution is 7.92. The molecule has 8 heteroatoms. The van der Waals surface area contributed by atoms with Gasteiger partial charge in [0.2, 0.25) is 10.0 Å². The first-order valence-corrected chi connectivity index (χ1v) is 12.4. The number of fused-ring (bicyclic) bond motifs is 1. The lowest BCUT2D eigenvalue weighted by molar-refractivity contribution is -0.128. The van der Waals surface area contributed by atoms with E-state index in [0.717, 1.165) is 30.4 Å². The molecule has 0 saturated heterocycles. The molecule has 0 saturated carbocycles. The van der Waals surface area contributed by atoms with Crippen LogP contribution in [0.3, 0.4) is 0 Å². The van der Waals surface area contributed by atoms with Gasteiger partial charge in [0, 0.05) is 19.5 Å². The first-order chi connectivity index (χ1) is 14.7. The van der Waals surface area contributed by atoms with E-state index in [4.69, 9.17) is 9.47 Å². The van der Waals surface area contributed by atoms with Gasteiger partial charge in [0.25, 0.3) is 5.91 Å². The summed E-state index contributed by atoms with van der Waals surface area (Å²) in [5, 5.41) is 2.92. The highest BCUT2D eigenvalue weighted by Gasteiger charge is 2.30. The molecule has 1 amide bonds. The van der Waals surface area contributed by atoms with Gasteiger partial charge in [-0.15, -0.1) is 0 Å². The van der Waals surface area contributed by atoms with Crippen LogP contribution >= 0.6 is 0 Å². The molecule has 168 valence electrons. The molecular formula is C23H30N2O5S. The number of hydrogen-bond donors (Lipinski definition) is 1. The van der Waals surface area contributed by atoms with Crippen molar-refractivity contribution in [3.8, 4) is 11.5 Å². The zero-order chi connectivity index (χ0) is 22.4. The predicted octanol–water partition coefficient (Wildman–Crippen LogP) is 3.14. The molecule has 7 nitrogen and oxygen atoms in total. The predicted molar refractivity (Wildman–Crippen MR) is 121 cm³/mol. The maximum Gasteiger partial charge on any atom is 0.261 e. The smallest absolute Gasteiger partial charge is 0.261 e. The van der Waals surface area contributed by atoms with Gasteiger partial charge >= 0.3 is 0 Å². The van der Waals surface area contributed by atoms with E-state index in [1.54, 1.807) is 24.3 Å². The van der Waals surface area contributed by atoms with Crippen molar-refractivity contribution in [2.24, 2.45) is 0 Å². The van der Waals surface area contributed by atoms with Gasteiger partial charge in [0.15, 0.2) is 6.10 Å². The number of carbonyl (C=O) groups is 1. The van der Waals surface area contributed by atoms with E-state index in [2.05, 4.69) is 5.32 Å². The van der Waals surface area contributed by atoms with E-state index in [9.17, 15) is 13.2 Å². The van der Waals surface area contributed by atoms with Crippen molar-refractivity contribution in [1.82, 2.24) is 5.32 Å². The van der Waals surface area contributed by atoms with Crippen molar-refractivity contribution < 1.29 is 22.7 Å². The summed E-state index contributed by atoms with van der Waals surface area (Å²) >= 11 is 0. The largest absolute Gasteiger partial charge is 0.491 e. The van der Waals surface area contributed by atoms with Crippen LogP contribution in [0.4, 0.5) is 5.69 Å². The number of carbonyl (C=O) groups excluding carboxylic acids is 1. The lowest BCUT2D eigenvalue weighted by Gasteiger charge is -2.20. The molecule has 31 heavy (non-hydrogen) atoms. The standard InChI is InChI=1S/C23H30N2O5S/c1-17(2)29-19-10-6-8-18(16-19)9-7-14-24-23(26)22-13-15-25(31(3,27)28)20-11-4-5-12-21(20)30-22/h4-6,8,10-12,16-17,22H,7,9,13-15H2,1-3H3,(H,24,26)/t22-/m0/s1. The molecular weight excluding hydrogens is 416 g/mol. The molecule has 0 radical (unpaired) electrons. The minimum atomic E-state index is -3.46. The summed E-state index contributed by atoms with van der Waals surface area (Å²) in [4.78, 5) is 12.7. The normalized spacial score (nSPS) is 16.3. The fraction of sp³-hybridized carbons (Fsp3) is 0.435.